The van der Waals surface area contributed by atoms with E-state index in [0.29, 0.717) is 0 Å². The molecular formula is C44H33BIrN2O2-2. The minimum Gasteiger partial charge on any atom is -0.503 e. The Morgan fingerprint density at radius 1 is 0.560 bits per heavy atom. The average Bonchev–Trinajstić information content (AvgIpc) is 3.13. The summed E-state index contributed by atoms with van der Waals surface area (Å²) >= 11 is 0. The standard InChI is InChI=1S/C32H23BNO2.C12H10N.Ir/c1-19-14-15-22(20(2)16-19)24-17-27(34-18-21(24)3)23-8-6-10-26-32(23)36-30-13-7-12-29-31(30)33(26)25-9-4-5-11-28(25)35-29;1-10-7-8-12(13-9-10)11-5-3-2-4-6-11;/h4-7,9-18H,1-3H3;2-5,7-9H,1H3;/q2*-1;. The van der Waals surface area contributed by atoms with Gasteiger partial charge in [-0.3, -0.25) is 0 Å². The molecule has 0 aliphatic carbocycles. The number of hydrogen-bond acceptors (Lipinski definition) is 4. The molecule has 6 heteroatoms. The molecule has 5 aromatic carbocycles. The van der Waals surface area contributed by atoms with Crippen molar-refractivity contribution in [3.05, 3.63) is 162 Å². The Balaban J connectivity index is 0.000000236. The number of para-hydroxylation sites is 1. The van der Waals surface area contributed by atoms with Crippen LogP contribution in [0.4, 0.5) is 0 Å². The van der Waals surface area contributed by atoms with Crippen molar-refractivity contribution >= 4 is 23.1 Å². The maximum absolute atomic E-state index is 6.59. The van der Waals surface area contributed by atoms with E-state index in [9.17, 15) is 0 Å². The zero-order chi connectivity index (χ0) is 33.5. The summed E-state index contributed by atoms with van der Waals surface area (Å²) in [5.41, 5.74) is 14.3. The summed E-state index contributed by atoms with van der Waals surface area (Å²) in [7, 11) is 0. The summed E-state index contributed by atoms with van der Waals surface area (Å²) in [6, 6.07) is 45.7. The van der Waals surface area contributed by atoms with Gasteiger partial charge in [0.25, 0.3) is 0 Å². The van der Waals surface area contributed by atoms with Crippen molar-refractivity contribution in [3.8, 4) is 56.6 Å². The van der Waals surface area contributed by atoms with E-state index in [0.717, 1.165) is 67.5 Å². The Morgan fingerprint density at radius 2 is 1.32 bits per heavy atom. The Kier molecular flexibility index (Phi) is 9.24. The topological polar surface area (TPSA) is 44.2 Å². The van der Waals surface area contributed by atoms with Crippen LogP contribution < -0.4 is 25.9 Å². The molecule has 245 valence electrons. The fourth-order valence-corrected chi connectivity index (χ4v) is 6.78. The van der Waals surface area contributed by atoms with Gasteiger partial charge in [-0.15, -0.1) is 59.6 Å². The van der Waals surface area contributed by atoms with Crippen LogP contribution in [0.1, 0.15) is 22.3 Å². The molecule has 0 atom stereocenters. The number of nitrogens with zero attached hydrogens (tertiary/aromatic N) is 2. The Hall–Kier alpha value is -5.29. The van der Waals surface area contributed by atoms with Crippen LogP contribution in [0.2, 0.25) is 0 Å². The van der Waals surface area contributed by atoms with Crippen molar-refractivity contribution in [2.45, 2.75) is 27.7 Å². The molecular weight excluding hydrogens is 792 g/mol. The maximum atomic E-state index is 6.59. The van der Waals surface area contributed by atoms with Crippen LogP contribution >= 0.6 is 0 Å². The zero-order valence-corrected chi connectivity index (χ0v) is 30.6. The van der Waals surface area contributed by atoms with Crippen LogP contribution in [-0.2, 0) is 20.1 Å². The van der Waals surface area contributed by atoms with E-state index < -0.39 is 0 Å². The molecule has 9 rings (SSSR count). The number of aromatic nitrogens is 2. The number of fused-ring (bicyclic) bond motifs is 4. The molecule has 2 aromatic heterocycles. The first-order valence-electron chi connectivity index (χ1n) is 16.5. The number of aryl methyl sites for hydroxylation is 4. The Morgan fingerprint density at radius 3 is 2.10 bits per heavy atom. The fourth-order valence-electron chi connectivity index (χ4n) is 6.78. The molecule has 0 unspecified atom stereocenters. The summed E-state index contributed by atoms with van der Waals surface area (Å²) in [4.78, 5) is 9.15. The van der Waals surface area contributed by atoms with Gasteiger partial charge < -0.3 is 19.4 Å². The van der Waals surface area contributed by atoms with Gasteiger partial charge in [-0.2, -0.15) is 0 Å². The summed E-state index contributed by atoms with van der Waals surface area (Å²) in [5.74, 6) is 3.37. The van der Waals surface area contributed by atoms with Gasteiger partial charge in [0.05, 0.1) is 0 Å². The van der Waals surface area contributed by atoms with E-state index in [4.69, 9.17) is 14.5 Å². The molecule has 2 aliphatic heterocycles. The minimum atomic E-state index is 0. The van der Waals surface area contributed by atoms with Gasteiger partial charge in [-0.05, 0) is 90.6 Å². The molecule has 7 aromatic rings. The first-order valence-corrected chi connectivity index (χ1v) is 16.5. The van der Waals surface area contributed by atoms with Gasteiger partial charge >= 0.3 is 0 Å². The van der Waals surface area contributed by atoms with Crippen molar-refractivity contribution in [3.63, 3.8) is 0 Å². The van der Waals surface area contributed by atoms with Gasteiger partial charge in [-0.25, -0.2) is 0 Å². The van der Waals surface area contributed by atoms with E-state index in [1.165, 1.54) is 27.8 Å². The number of pyridine rings is 2. The third-order valence-corrected chi connectivity index (χ3v) is 9.20. The number of hydrogen-bond donors (Lipinski definition) is 0. The fraction of sp³-hybridized carbons (Fsp3) is 0.0909. The number of benzene rings is 5. The normalized spacial score (nSPS) is 11.7. The summed E-state index contributed by atoms with van der Waals surface area (Å²) in [6.07, 6.45) is 3.83. The first-order chi connectivity index (χ1) is 23.9. The molecule has 0 fully saturated rings. The third kappa shape index (κ3) is 6.17. The molecule has 1 radical (unpaired) electrons. The summed E-state index contributed by atoms with van der Waals surface area (Å²) in [6.45, 7) is 8.47. The van der Waals surface area contributed by atoms with Crippen LogP contribution in [-0.4, -0.2) is 16.7 Å². The van der Waals surface area contributed by atoms with Gasteiger partial charge in [0.1, 0.15) is 17.2 Å². The summed E-state index contributed by atoms with van der Waals surface area (Å²) < 4.78 is 12.8. The monoisotopic (exact) mass is 825 g/mol. The van der Waals surface area contributed by atoms with Crippen molar-refractivity contribution < 1.29 is 29.6 Å². The predicted octanol–water partition coefficient (Wildman–Crippen LogP) is 8.72. The molecule has 0 saturated heterocycles. The third-order valence-electron chi connectivity index (χ3n) is 9.20. The van der Waals surface area contributed by atoms with Crippen LogP contribution in [0.3, 0.4) is 0 Å². The van der Waals surface area contributed by atoms with E-state index in [2.05, 4.69) is 86.4 Å². The Labute approximate surface area is 307 Å². The predicted molar refractivity (Wildman–Crippen MR) is 199 cm³/mol. The van der Waals surface area contributed by atoms with Gasteiger partial charge in [0.2, 0.25) is 6.71 Å². The number of ether oxygens (including phenoxy) is 2. The molecule has 2 aliphatic rings. The second kappa shape index (κ2) is 13.9. The molecule has 0 saturated carbocycles. The van der Waals surface area contributed by atoms with Crippen LogP contribution in [0.15, 0.2) is 128 Å². The van der Waals surface area contributed by atoms with E-state index >= 15 is 0 Å². The number of rotatable bonds is 3. The Bertz CT molecular complexity index is 2340. The van der Waals surface area contributed by atoms with Crippen molar-refractivity contribution in [1.29, 1.82) is 0 Å². The molecule has 0 spiro atoms. The van der Waals surface area contributed by atoms with Crippen molar-refractivity contribution in [2.24, 2.45) is 0 Å². The maximum Gasteiger partial charge on any atom is 0.241 e. The van der Waals surface area contributed by atoms with Gasteiger partial charge in [-0.1, -0.05) is 71.8 Å². The zero-order valence-electron chi connectivity index (χ0n) is 28.2. The summed E-state index contributed by atoms with van der Waals surface area (Å²) in [5, 5.41) is 0. The van der Waals surface area contributed by atoms with Gasteiger partial charge in [0.15, 0.2) is 0 Å². The molecule has 4 nitrogen and oxygen atoms in total. The van der Waals surface area contributed by atoms with Gasteiger partial charge in [0, 0.05) is 43.7 Å². The first kappa shape index (κ1) is 33.2. The molecule has 50 heavy (non-hydrogen) atoms. The molecule has 0 amide bonds. The minimum absolute atomic E-state index is 0. The van der Waals surface area contributed by atoms with E-state index in [-0.39, 0.29) is 26.8 Å². The second-order valence-electron chi connectivity index (χ2n) is 12.7. The SMILES string of the molecule is Cc1ccc(-c2[c-]cccc2)nc1.Cc1ccc(-c2cc(-c3[c-]ccc4c3Oc3cccc5c3B4c3ccccc3O5)ncc2C)c(C)c1.[Ir]. The van der Waals surface area contributed by atoms with Crippen LogP contribution in [0, 0.1) is 39.8 Å². The van der Waals surface area contributed by atoms with Crippen LogP contribution in [0.5, 0.6) is 23.0 Å². The average molecular weight is 825 g/mol. The quantitative estimate of drug-likeness (QED) is 0.132. The molecule has 4 heterocycles. The van der Waals surface area contributed by atoms with E-state index in [1.807, 2.05) is 86.0 Å². The van der Waals surface area contributed by atoms with E-state index in [1.54, 1.807) is 0 Å². The molecule has 0 bridgehead atoms. The largest absolute Gasteiger partial charge is 0.503 e. The van der Waals surface area contributed by atoms with Crippen LogP contribution in [0.25, 0.3) is 33.6 Å². The van der Waals surface area contributed by atoms with Crippen molar-refractivity contribution in [2.75, 3.05) is 0 Å². The van der Waals surface area contributed by atoms with Crippen molar-refractivity contribution in [1.82, 2.24) is 9.97 Å². The smallest absolute Gasteiger partial charge is 0.241 e. The second-order valence-corrected chi connectivity index (χ2v) is 12.7. The molecule has 0 N–H and O–H groups in total.